The summed E-state index contributed by atoms with van der Waals surface area (Å²) in [5.74, 6) is 11.6. The Kier molecular flexibility index (Phi) is 1.71. The van der Waals surface area contributed by atoms with Crippen LogP contribution in [0.2, 0.25) is 0 Å². The highest BCUT2D eigenvalue weighted by molar-refractivity contribution is 5.14. The molecule has 0 aromatic heterocycles. The third-order valence-electron chi connectivity index (χ3n) is 7.91. The van der Waals surface area contributed by atoms with Crippen LogP contribution in [0.15, 0.2) is 0 Å². The normalized spacial score (nSPS) is 66.2. The summed E-state index contributed by atoms with van der Waals surface area (Å²) in [4.78, 5) is 0. The van der Waals surface area contributed by atoms with Crippen LogP contribution >= 0.6 is 0 Å². The second-order valence-electron chi connectivity index (χ2n) is 8.52. The van der Waals surface area contributed by atoms with Gasteiger partial charge in [-0.05, 0) is 91.3 Å². The largest absolute Gasteiger partial charge is 0.0625 e. The summed E-state index contributed by atoms with van der Waals surface area (Å²) in [5, 5.41) is 0. The van der Waals surface area contributed by atoms with Crippen molar-refractivity contribution in [2.24, 2.45) is 59.2 Å². The molecule has 0 saturated heterocycles. The molecule has 5 unspecified atom stereocenters. The highest BCUT2D eigenvalue weighted by Crippen LogP contribution is 2.73. The predicted molar refractivity (Wildman–Crippen MR) is 69.3 cm³/mol. The van der Waals surface area contributed by atoms with E-state index in [1.807, 2.05) is 0 Å². The summed E-state index contributed by atoms with van der Waals surface area (Å²) >= 11 is 0. The molecule has 0 radical (unpaired) electrons. The van der Waals surface area contributed by atoms with Crippen molar-refractivity contribution >= 4 is 0 Å². The van der Waals surface area contributed by atoms with Gasteiger partial charge in [0, 0.05) is 0 Å². The molecule has 0 heteroatoms. The van der Waals surface area contributed by atoms with E-state index in [0.29, 0.717) is 0 Å². The van der Waals surface area contributed by atoms with Crippen molar-refractivity contribution in [3.8, 4) is 0 Å². The SMILES string of the molecule is CC(C)C1C2CC3C4CC5CC3C1C(C5)C4C2. The second-order valence-corrected chi connectivity index (χ2v) is 8.52. The summed E-state index contributed by atoms with van der Waals surface area (Å²) < 4.78 is 0. The number of hydrogen-bond acceptors (Lipinski definition) is 0. The topological polar surface area (TPSA) is 0 Å². The van der Waals surface area contributed by atoms with Gasteiger partial charge in [0.15, 0.2) is 0 Å². The standard InChI is InChI=1S/C17H26/c1-8(2)16-10-6-12-11-3-9-4-14(12)17(16)15(5-9)13(11)7-10/h8-17H,3-7H2,1-2H3. The molecule has 7 fully saturated rings. The Morgan fingerprint density at radius 2 is 1.24 bits per heavy atom. The molecular weight excluding hydrogens is 204 g/mol. The molecule has 0 amide bonds. The van der Waals surface area contributed by atoms with Crippen molar-refractivity contribution in [1.82, 2.24) is 0 Å². The van der Waals surface area contributed by atoms with Crippen LogP contribution in [0, 0.1) is 59.2 Å². The zero-order valence-corrected chi connectivity index (χ0v) is 11.3. The van der Waals surface area contributed by atoms with E-state index in [1.54, 1.807) is 32.1 Å². The third kappa shape index (κ3) is 1.00. The van der Waals surface area contributed by atoms with Crippen molar-refractivity contribution in [3.63, 3.8) is 0 Å². The lowest BCUT2D eigenvalue weighted by molar-refractivity contribution is -0.237. The van der Waals surface area contributed by atoms with Gasteiger partial charge in [-0.3, -0.25) is 0 Å². The molecule has 0 N–H and O–H groups in total. The zero-order valence-electron chi connectivity index (χ0n) is 11.3. The lowest BCUT2D eigenvalue weighted by atomic mass is 9.33. The first-order chi connectivity index (χ1) is 8.24. The molecule has 17 heavy (non-hydrogen) atoms. The first kappa shape index (κ1) is 9.87. The van der Waals surface area contributed by atoms with Gasteiger partial charge in [-0.2, -0.15) is 0 Å². The zero-order chi connectivity index (χ0) is 11.3. The Hall–Kier alpha value is 0. The van der Waals surface area contributed by atoms with Gasteiger partial charge in [0.05, 0.1) is 0 Å². The molecule has 0 aromatic rings. The summed E-state index contributed by atoms with van der Waals surface area (Å²) in [5.41, 5.74) is 0. The van der Waals surface area contributed by atoms with Crippen molar-refractivity contribution in [1.29, 1.82) is 0 Å². The summed E-state index contributed by atoms with van der Waals surface area (Å²) in [6.45, 7) is 5.03. The van der Waals surface area contributed by atoms with E-state index in [4.69, 9.17) is 0 Å². The van der Waals surface area contributed by atoms with Crippen LogP contribution in [0.25, 0.3) is 0 Å². The summed E-state index contributed by atoms with van der Waals surface area (Å²) in [6.07, 6.45) is 8.22. The van der Waals surface area contributed by atoms with Crippen LogP contribution in [0.5, 0.6) is 0 Å². The minimum Gasteiger partial charge on any atom is -0.0625 e. The fourth-order valence-corrected chi connectivity index (χ4v) is 7.98. The maximum Gasteiger partial charge on any atom is -0.0318 e. The van der Waals surface area contributed by atoms with Crippen LogP contribution in [-0.2, 0) is 0 Å². The van der Waals surface area contributed by atoms with Gasteiger partial charge in [0.2, 0.25) is 0 Å². The predicted octanol–water partition coefficient (Wildman–Crippen LogP) is 4.21. The van der Waals surface area contributed by atoms with Crippen molar-refractivity contribution in [2.45, 2.75) is 46.0 Å². The van der Waals surface area contributed by atoms with Gasteiger partial charge in [-0.15, -0.1) is 0 Å². The van der Waals surface area contributed by atoms with Crippen LogP contribution in [0.3, 0.4) is 0 Å². The minimum atomic E-state index is 0.962. The third-order valence-corrected chi connectivity index (χ3v) is 7.91. The lowest BCUT2D eigenvalue weighted by Crippen LogP contribution is -2.66. The first-order valence-electron chi connectivity index (χ1n) is 8.24. The minimum absolute atomic E-state index is 0.962. The highest BCUT2D eigenvalue weighted by Gasteiger charge is 2.66. The average molecular weight is 230 g/mol. The average Bonchev–Trinajstić information content (AvgIpc) is 2.33. The Balaban J connectivity index is 1.63. The van der Waals surface area contributed by atoms with Gasteiger partial charge < -0.3 is 0 Å². The van der Waals surface area contributed by atoms with Gasteiger partial charge in [0.25, 0.3) is 0 Å². The molecule has 5 atom stereocenters. The van der Waals surface area contributed by atoms with E-state index >= 15 is 0 Å². The molecule has 7 aliphatic rings. The van der Waals surface area contributed by atoms with Crippen molar-refractivity contribution < 1.29 is 0 Å². The quantitative estimate of drug-likeness (QED) is 0.633. The van der Waals surface area contributed by atoms with Crippen LogP contribution in [-0.4, -0.2) is 0 Å². The van der Waals surface area contributed by atoms with Gasteiger partial charge in [-0.1, -0.05) is 13.8 Å². The first-order valence-corrected chi connectivity index (χ1v) is 8.24. The number of rotatable bonds is 1. The lowest BCUT2D eigenvalue weighted by Gasteiger charge is -2.72. The monoisotopic (exact) mass is 230 g/mol. The van der Waals surface area contributed by atoms with E-state index < -0.39 is 0 Å². The smallest absolute Gasteiger partial charge is 0.0318 e. The Bertz CT molecular complexity index is 333. The molecule has 7 rings (SSSR count). The van der Waals surface area contributed by atoms with Crippen molar-refractivity contribution in [3.05, 3.63) is 0 Å². The van der Waals surface area contributed by atoms with Gasteiger partial charge in [-0.25, -0.2) is 0 Å². The molecule has 94 valence electrons. The maximum absolute atomic E-state index is 2.52. The molecule has 0 nitrogen and oxygen atoms in total. The molecular formula is C17H26. The fraction of sp³-hybridized carbons (Fsp3) is 1.00. The summed E-state index contributed by atoms with van der Waals surface area (Å²) in [6, 6.07) is 0. The van der Waals surface area contributed by atoms with E-state index in [9.17, 15) is 0 Å². The molecule has 0 aliphatic heterocycles. The summed E-state index contributed by atoms with van der Waals surface area (Å²) in [7, 11) is 0. The van der Waals surface area contributed by atoms with Crippen LogP contribution in [0.1, 0.15) is 46.0 Å². The Morgan fingerprint density at radius 3 is 1.82 bits per heavy atom. The van der Waals surface area contributed by atoms with Gasteiger partial charge >= 0.3 is 0 Å². The Morgan fingerprint density at radius 1 is 0.706 bits per heavy atom. The van der Waals surface area contributed by atoms with E-state index in [2.05, 4.69) is 13.8 Å². The fourth-order valence-electron chi connectivity index (χ4n) is 7.98. The maximum atomic E-state index is 2.52. The Labute approximate surface area is 106 Å². The molecule has 7 aliphatic carbocycles. The number of hydrogen-bond donors (Lipinski definition) is 0. The molecule has 0 aromatic carbocycles. The molecule has 7 saturated carbocycles. The second kappa shape index (κ2) is 2.94. The van der Waals surface area contributed by atoms with Crippen LogP contribution in [0.4, 0.5) is 0 Å². The van der Waals surface area contributed by atoms with Crippen LogP contribution < -0.4 is 0 Å². The van der Waals surface area contributed by atoms with Crippen molar-refractivity contribution in [2.75, 3.05) is 0 Å². The highest BCUT2D eigenvalue weighted by atomic mass is 14.7. The van der Waals surface area contributed by atoms with Gasteiger partial charge in [0.1, 0.15) is 0 Å². The van der Waals surface area contributed by atoms with E-state index in [-0.39, 0.29) is 0 Å². The molecule has 8 bridgehead atoms. The molecule has 0 spiro atoms. The van der Waals surface area contributed by atoms with E-state index in [0.717, 1.165) is 17.8 Å². The molecule has 0 heterocycles. The van der Waals surface area contributed by atoms with E-state index in [1.165, 1.54) is 41.4 Å².